The summed E-state index contributed by atoms with van der Waals surface area (Å²) in [4.78, 5) is 125. The van der Waals surface area contributed by atoms with E-state index in [4.69, 9.17) is 33.2 Å². The van der Waals surface area contributed by atoms with Crippen molar-refractivity contribution < 1.29 is 71.5 Å². The number of likely N-dealkylation sites (tertiary alicyclic amines) is 1. The number of Topliss-reactive ketones (excluding diaryl/α,β-unsaturated/α-hetero) is 4. The minimum atomic E-state index is -0.950. The zero-order chi connectivity index (χ0) is 73.4. The molecule has 1 saturated heterocycles. The van der Waals surface area contributed by atoms with Crippen molar-refractivity contribution in [3.63, 3.8) is 0 Å². The molecule has 1 aliphatic heterocycles. The Labute approximate surface area is 609 Å². The van der Waals surface area contributed by atoms with Gasteiger partial charge in [-0.2, -0.15) is 0 Å². The zero-order valence-corrected chi connectivity index (χ0v) is 64.4. The van der Waals surface area contributed by atoms with Gasteiger partial charge in [0.25, 0.3) is 0 Å². The molecule has 10 atom stereocenters. The van der Waals surface area contributed by atoms with Crippen molar-refractivity contribution in [2.45, 2.75) is 173 Å². The lowest BCUT2D eigenvalue weighted by molar-refractivity contribution is -0.149. The molecule has 2 heterocycles. The smallest absolute Gasteiger partial charge is 0.227 e. The second-order valence-corrected chi connectivity index (χ2v) is 28.2. The van der Waals surface area contributed by atoms with Gasteiger partial charge in [0.2, 0.25) is 23.6 Å². The maximum absolute atomic E-state index is 14.6. The molecule has 3 aromatic carbocycles. The first-order valence-electron chi connectivity index (χ1n) is 35.3. The second kappa shape index (κ2) is 44.7. The van der Waals surface area contributed by atoms with Crippen LogP contribution in [0.25, 0.3) is 11.0 Å². The molecule has 22 nitrogen and oxygen atoms in total. The molecule has 554 valence electrons. The molecular weight excluding hydrogens is 1410 g/mol. The minimum absolute atomic E-state index is 0.0197. The Bertz CT molecular complexity index is 3210. The number of fused-ring (bicyclic) bond motifs is 1. The van der Waals surface area contributed by atoms with Crippen LogP contribution in [0.1, 0.15) is 146 Å². The van der Waals surface area contributed by atoms with Crippen LogP contribution in [0, 0.1) is 35.5 Å². The van der Waals surface area contributed by atoms with Gasteiger partial charge in [-0.3, -0.25) is 43.3 Å². The standard InChI is InChI=1S/C76H111Br2N7O15/c1-14-51(6)72(84(11)76(93)59(49(2)3)43-67(88)71(50(4)5)83(9)10)69(94-12)44-70(90)85-31-18-22-65(85)73(95-13)53(8)75(92)82-62(41-54-20-16-15-17-21-54)68(89)48-100-47-55-24-27-57(28-25-55)79-74(91)52(7)40-58(86)30-33-97-35-37-99-39-38-98-36-34-96-32-19-23-66(87)56-26-29-60-61(42-56)81-64(46-78)63(45-77)80-60/h15-17,20-21,24-29,42,49-53,59,62,65,69,71-73H,14,18-19,22-23,30-41,43-48H2,1-13H3,(H,79,91)(H,82,92)/t51-,52-,53+,59-,62-,65-,69+,71-,72-,73+/m0/s1. The van der Waals surface area contributed by atoms with Crippen LogP contribution in [0.2, 0.25) is 0 Å². The highest BCUT2D eigenvalue weighted by molar-refractivity contribution is 9.09. The van der Waals surface area contributed by atoms with Gasteiger partial charge in [0, 0.05) is 93.8 Å². The summed E-state index contributed by atoms with van der Waals surface area (Å²) in [5.74, 6) is -3.51. The molecule has 1 aliphatic rings. The van der Waals surface area contributed by atoms with Crippen molar-refractivity contribution in [3.05, 3.63) is 101 Å². The Morgan fingerprint density at radius 3 is 1.86 bits per heavy atom. The van der Waals surface area contributed by atoms with Crippen molar-refractivity contribution in [1.29, 1.82) is 0 Å². The van der Waals surface area contributed by atoms with Gasteiger partial charge in [-0.05, 0) is 99.0 Å². The number of benzene rings is 3. The molecule has 24 heteroatoms. The highest BCUT2D eigenvalue weighted by Crippen LogP contribution is 2.32. The van der Waals surface area contributed by atoms with E-state index in [9.17, 15) is 38.4 Å². The minimum Gasteiger partial charge on any atom is -0.379 e. The Morgan fingerprint density at radius 1 is 0.660 bits per heavy atom. The van der Waals surface area contributed by atoms with E-state index < -0.39 is 54.0 Å². The van der Waals surface area contributed by atoms with E-state index in [0.717, 1.165) is 28.0 Å². The van der Waals surface area contributed by atoms with E-state index in [-0.39, 0.29) is 117 Å². The number of rotatable bonds is 49. The monoisotopic (exact) mass is 1520 g/mol. The highest BCUT2D eigenvalue weighted by Gasteiger charge is 2.44. The largest absolute Gasteiger partial charge is 0.379 e. The highest BCUT2D eigenvalue weighted by atomic mass is 79.9. The first kappa shape index (κ1) is 84.9. The van der Waals surface area contributed by atoms with Crippen molar-refractivity contribution in [1.82, 2.24) is 30.0 Å². The van der Waals surface area contributed by atoms with Crippen LogP contribution < -0.4 is 10.6 Å². The van der Waals surface area contributed by atoms with Crippen molar-refractivity contribution >= 4 is 95.3 Å². The van der Waals surface area contributed by atoms with E-state index in [2.05, 4.69) is 52.5 Å². The normalized spacial score (nSPS) is 16.0. The summed E-state index contributed by atoms with van der Waals surface area (Å²) in [6, 6.07) is 19.6. The Hall–Kier alpha value is -5.80. The molecule has 5 rings (SSSR count). The number of anilines is 1. The number of ketones is 4. The summed E-state index contributed by atoms with van der Waals surface area (Å²) in [6.07, 6.45) is 2.02. The molecular formula is C76H111Br2N7O15. The maximum atomic E-state index is 14.6. The number of nitrogens with zero attached hydrogens (tertiary/aromatic N) is 5. The fourth-order valence-corrected chi connectivity index (χ4v) is 13.9. The van der Waals surface area contributed by atoms with Gasteiger partial charge >= 0.3 is 0 Å². The van der Waals surface area contributed by atoms with Crippen LogP contribution in [0.15, 0.2) is 72.8 Å². The van der Waals surface area contributed by atoms with Crippen molar-refractivity contribution in [2.24, 2.45) is 35.5 Å². The summed E-state index contributed by atoms with van der Waals surface area (Å²) in [7, 11) is 8.60. The lowest BCUT2D eigenvalue weighted by Gasteiger charge is -2.41. The molecule has 0 saturated carbocycles. The van der Waals surface area contributed by atoms with E-state index in [1.54, 1.807) is 74.2 Å². The third kappa shape index (κ3) is 26.8. The zero-order valence-electron chi connectivity index (χ0n) is 61.2. The fraction of sp³-hybridized carbons (Fsp3) is 0.632. The first-order chi connectivity index (χ1) is 47.9. The molecule has 4 aromatic rings. The van der Waals surface area contributed by atoms with Gasteiger partial charge in [0.1, 0.15) is 12.4 Å². The van der Waals surface area contributed by atoms with E-state index in [1.807, 2.05) is 96.9 Å². The summed E-state index contributed by atoms with van der Waals surface area (Å²) in [6.45, 7) is 18.5. The fourth-order valence-electron chi connectivity index (χ4n) is 13.0. The maximum Gasteiger partial charge on any atom is 0.227 e. The lowest BCUT2D eigenvalue weighted by atomic mass is 9.83. The number of ether oxygens (including phenoxy) is 7. The van der Waals surface area contributed by atoms with Gasteiger partial charge in [0.05, 0.1) is 124 Å². The van der Waals surface area contributed by atoms with Crippen LogP contribution in [0.4, 0.5) is 5.69 Å². The first-order valence-corrected chi connectivity index (χ1v) is 37.5. The third-order valence-electron chi connectivity index (χ3n) is 18.8. The van der Waals surface area contributed by atoms with Gasteiger partial charge in [-0.1, -0.05) is 136 Å². The van der Waals surface area contributed by atoms with E-state index >= 15 is 0 Å². The topological polar surface area (TPSA) is 261 Å². The number of likely N-dealkylation sites (N-methyl/N-ethyl adjacent to an activating group) is 2. The van der Waals surface area contributed by atoms with Crippen molar-refractivity contribution in [2.75, 3.05) is 107 Å². The lowest BCUT2D eigenvalue weighted by Crippen LogP contribution is -2.55. The van der Waals surface area contributed by atoms with Crippen molar-refractivity contribution in [3.8, 4) is 0 Å². The average Bonchev–Trinajstić information content (AvgIpc) is 1.31. The molecule has 100 heavy (non-hydrogen) atoms. The van der Waals surface area contributed by atoms with Crippen LogP contribution in [0.5, 0.6) is 0 Å². The van der Waals surface area contributed by atoms with E-state index in [0.29, 0.717) is 112 Å². The van der Waals surface area contributed by atoms with Crippen LogP contribution in [0.3, 0.4) is 0 Å². The molecule has 1 aromatic heterocycles. The number of carbonyl (C=O) groups is 8. The average molecular weight is 1520 g/mol. The van der Waals surface area contributed by atoms with Gasteiger partial charge in [0.15, 0.2) is 17.3 Å². The predicted octanol–water partition coefficient (Wildman–Crippen LogP) is 10.6. The molecule has 0 bridgehead atoms. The van der Waals surface area contributed by atoms with Crippen LogP contribution in [-0.2, 0) is 90.4 Å². The van der Waals surface area contributed by atoms with Gasteiger partial charge in [-0.15, -0.1) is 0 Å². The van der Waals surface area contributed by atoms with Crippen LogP contribution >= 0.6 is 31.9 Å². The Kier molecular flexibility index (Phi) is 37.9. The Balaban J connectivity index is 1.00. The molecule has 0 spiro atoms. The number of alkyl halides is 2. The van der Waals surface area contributed by atoms with Crippen LogP contribution in [-0.4, -0.2) is 209 Å². The molecule has 0 unspecified atom stereocenters. The van der Waals surface area contributed by atoms with Gasteiger partial charge in [-0.25, -0.2) is 9.97 Å². The molecule has 0 radical (unpaired) electrons. The second-order valence-electron chi connectivity index (χ2n) is 27.1. The third-order valence-corrected chi connectivity index (χ3v) is 19.8. The Morgan fingerprint density at radius 2 is 1.28 bits per heavy atom. The number of hydrogen-bond acceptors (Lipinski definition) is 18. The number of amides is 4. The SMILES string of the molecule is CC[C@H](C)[C@@H]([C@@H](CC(=O)N1CCC[C@H]1[C@H](OC)[C@@H](C)C(=O)N[C@@H](Cc1ccccc1)C(=O)COCc1ccc(NC(=O)[C@@H](C)CC(=O)CCOCCOCCOCCOCCCC(=O)c2ccc3nc(CBr)c(CBr)nc3c2)cc1)OC)N(C)C(=O)[C@@H](CC(=O)[C@H](C(C)C)N(C)C)C(C)C. The molecule has 0 aliphatic carbocycles. The number of hydrogen-bond donors (Lipinski definition) is 2. The molecule has 4 amide bonds. The number of halogens is 2. The summed E-state index contributed by atoms with van der Waals surface area (Å²) >= 11 is 6.91. The number of aromatic nitrogens is 2. The van der Waals surface area contributed by atoms with Gasteiger partial charge < -0.3 is 53.6 Å². The molecule has 1 fully saturated rings. The quantitative estimate of drug-likeness (QED) is 0.0236. The number of carbonyl (C=O) groups excluding carboxylic acids is 8. The molecule has 2 N–H and O–H groups in total. The number of nitrogens with one attached hydrogen (secondary N) is 2. The number of methoxy groups -OCH3 is 2. The summed E-state index contributed by atoms with van der Waals surface area (Å²) in [5.41, 5.74) is 5.85. The predicted molar refractivity (Wildman–Crippen MR) is 393 cm³/mol. The summed E-state index contributed by atoms with van der Waals surface area (Å²) < 4.78 is 40.5. The van der Waals surface area contributed by atoms with E-state index in [1.165, 1.54) is 7.11 Å². The summed E-state index contributed by atoms with van der Waals surface area (Å²) in [5, 5.41) is 7.05.